The number of anilines is 2. The largest absolute Gasteiger partial charge is 0.372 e. The predicted molar refractivity (Wildman–Crippen MR) is 99.7 cm³/mol. The Balaban J connectivity index is 1.43. The molecule has 0 unspecified atom stereocenters. The topological polar surface area (TPSA) is 75.9 Å². The smallest absolute Gasteiger partial charge is 0.246 e. The van der Waals surface area contributed by atoms with Gasteiger partial charge in [0.05, 0.1) is 5.56 Å². The van der Waals surface area contributed by atoms with Gasteiger partial charge in [0.1, 0.15) is 12.4 Å². The Morgan fingerprint density at radius 1 is 1.07 bits per heavy atom. The number of amides is 1. The Labute approximate surface area is 155 Å². The molecule has 2 heterocycles. The first-order valence-corrected chi connectivity index (χ1v) is 8.86. The highest BCUT2D eigenvalue weighted by molar-refractivity contribution is 5.90. The molecule has 7 nitrogen and oxygen atoms in total. The van der Waals surface area contributed by atoms with E-state index in [9.17, 15) is 9.18 Å². The summed E-state index contributed by atoms with van der Waals surface area (Å²) in [6.45, 7) is 2.04. The van der Waals surface area contributed by atoms with Gasteiger partial charge in [-0.05, 0) is 59.7 Å². The number of carbonyl (C=O) groups excluding carboxylic acids is 1. The summed E-state index contributed by atoms with van der Waals surface area (Å²) in [5, 5.41) is 14.0. The fraction of sp³-hybridized carbons (Fsp3) is 0.263. The van der Waals surface area contributed by atoms with Crippen molar-refractivity contribution in [2.24, 2.45) is 0 Å². The highest BCUT2D eigenvalue weighted by Gasteiger charge is 2.16. The number of carbonyl (C=O) groups is 1. The molecule has 1 aliphatic rings. The van der Waals surface area contributed by atoms with Crippen LogP contribution in [0.3, 0.4) is 0 Å². The third kappa shape index (κ3) is 3.79. The zero-order valence-corrected chi connectivity index (χ0v) is 14.7. The summed E-state index contributed by atoms with van der Waals surface area (Å²) in [6, 6.07) is 13.9. The van der Waals surface area contributed by atoms with Gasteiger partial charge in [-0.3, -0.25) is 4.79 Å². The van der Waals surface area contributed by atoms with Crippen molar-refractivity contribution in [2.75, 3.05) is 23.3 Å². The molecule has 1 fully saturated rings. The number of benzene rings is 2. The standard InChI is InChI=1S/C19H19FN6O/c20-17-6-2-1-5-16(17)19-22-23-24-26(19)13-18(27)21-14-7-9-15(10-8-14)25-11-3-4-12-25/h1-2,5-10H,3-4,11-13H2,(H,21,27). The lowest BCUT2D eigenvalue weighted by Crippen LogP contribution is -2.21. The second-order valence-electron chi connectivity index (χ2n) is 6.43. The van der Waals surface area contributed by atoms with Crippen molar-refractivity contribution >= 4 is 17.3 Å². The first-order valence-electron chi connectivity index (χ1n) is 8.86. The van der Waals surface area contributed by atoms with E-state index in [4.69, 9.17) is 0 Å². The highest BCUT2D eigenvalue weighted by atomic mass is 19.1. The Kier molecular flexibility index (Phi) is 4.78. The maximum absolute atomic E-state index is 14.0. The zero-order valence-electron chi connectivity index (χ0n) is 14.7. The molecule has 1 amide bonds. The molecule has 27 heavy (non-hydrogen) atoms. The SMILES string of the molecule is O=C(Cn1nnnc1-c1ccccc1F)Nc1ccc(N2CCCC2)cc1. The van der Waals surface area contributed by atoms with Crippen LogP contribution in [0.5, 0.6) is 0 Å². The normalized spacial score (nSPS) is 13.7. The van der Waals surface area contributed by atoms with Gasteiger partial charge in [0.15, 0.2) is 5.82 Å². The van der Waals surface area contributed by atoms with Crippen LogP contribution in [0, 0.1) is 5.82 Å². The molecule has 0 radical (unpaired) electrons. The van der Waals surface area contributed by atoms with Crippen LogP contribution >= 0.6 is 0 Å². The molecule has 0 aliphatic carbocycles. The molecule has 1 aliphatic heterocycles. The fourth-order valence-electron chi connectivity index (χ4n) is 3.21. The molecule has 1 saturated heterocycles. The summed E-state index contributed by atoms with van der Waals surface area (Å²) in [7, 11) is 0. The van der Waals surface area contributed by atoms with E-state index in [1.165, 1.54) is 23.6 Å². The number of aromatic nitrogens is 4. The van der Waals surface area contributed by atoms with Crippen molar-refractivity contribution in [2.45, 2.75) is 19.4 Å². The van der Waals surface area contributed by atoms with Crippen molar-refractivity contribution < 1.29 is 9.18 Å². The first-order chi connectivity index (χ1) is 13.2. The summed E-state index contributed by atoms with van der Waals surface area (Å²) >= 11 is 0. The molecular weight excluding hydrogens is 347 g/mol. The summed E-state index contributed by atoms with van der Waals surface area (Å²) in [4.78, 5) is 14.7. The van der Waals surface area contributed by atoms with Crippen LogP contribution in [0.15, 0.2) is 48.5 Å². The second-order valence-corrected chi connectivity index (χ2v) is 6.43. The van der Waals surface area contributed by atoms with Crippen LogP contribution in [0.1, 0.15) is 12.8 Å². The van der Waals surface area contributed by atoms with Gasteiger partial charge in [-0.15, -0.1) is 5.10 Å². The zero-order chi connectivity index (χ0) is 18.6. The number of hydrogen-bond donors (Lipinski definition) is 1. The van der Waals surface area contributed by atoms with Crippen LogP contribution in [-0.2, 0) is 11.3 Å². The number of tetrazole rings is 1. The molecule has 3 aromatic rings. The number of hydrogen-bond acceptors (Lipinski definition) is 5. The maximum atomic E-state index is 14.0. The van der Waals surface area contributed by atoms with Crippen LogP contribution in [-0.4, -0.2) is 39.2 Å². The van der Waals surface area contributed by atoms with E-state index in [0.29, 0.717) is 5.69 Å². The predicted octanol–water partition coefficient (Wildman–Crippen LogP) is 2.72. The summed E-state index contributed by atoms with van der Waals surface area (Å²) < 4.78 is 15.3. The van der Waals surface area contributed by atoms with Gasteiger partial charge < -0.3 is 10.2 Å². The third-order valence-corrected chi connectivity index (χ3v) is 4.56. The molecule has 0 bridgehead atoms. The van der Waals surface area contributed by atoms with Crippen molar-refractivity contribution in [3.8, 4) is 11.4 Å². The van der Waals surface area contributed by atoms with E-state index in [1.807, 2.05) is 24.3 Å². The van der Waals surface area contributed by atoms with E-state index in [2.05, 4.69) is 25.7 Å². The highest BCUT2D eigenvalue weighted by Crippen LogP contribution is 2.22. The lowest BCUT2D eigenvalue weighted by molar-refractivity contribution is -0.116. The number of nitrogens with zero attached hydrogens (tertiary/aromatic N) is 5. The van der Waals surface area contributed by atoms with Crippen molar-refractivity contribution in [3.63, 3.8) is 0 Å². The first kappa shape index (κ1) is 17.1. The average molecular weight is 366 g/mol. The minimum atomic E-state index is -0.438. The van der Waals surface area contributed by atoms with E-state index < -0.39 is 5.82 Å². The van der Waals surface area contributed by atoms with Crippen molar-refractivity contribution in [1.29, 1.82) is 0 Å². The molecule has 1 N–H and O–H groups in total. The molecule has 0 saturated carbocycles. The lowest BCUT2D eigenvalue weighted by atomic mass is 10.2. The molecule has 2 aromatic carbocycles. The van der Waals surface area contributed by atoms with Gasteiger partial charge in [-0.25, -0.2) is 9.07 Å². The molecule has 0 spiro atoms. The molecule has 8 heteroatoms. The minimum Gasteiger partial charge on any atom is -0.372 e. The Bertz CT molecular complexity index is 933. The van der Waals surface area contributed by atoms with Gasteiger partial charge in [-0.2, -0.15) is 0 Å². The van der Waals surface area contributed by atoms with Gasteiger partial charge >= 0.3 is 0 Å². The second kappa shape index (κ2) is 7.53. The quantitative estimate of drug-likeness (QED) is 0.751. The monoisotopic (exact) mass is 366 g/mol. The number of rotatable bonds is 5. The minimum absolute atomic E-state index is 0.107. The van der Waals surface area contributed by atoms with Crippen LogP contribution in [0.25, 0.3) is 11.4 Å². The van der Waals surface area contributed by atoms with E-state index in [-0.39, 0.29) is 23.8 Å². The average Bonchev–Trinajstić information content (AvgIpc) is 3.35. The van der Waals surface area contributed by atoms with E-state index >= 15 is 0 Å². The summed E-state index contributed by atoms with van der Waals surface area (Å²) in [5.41, 5.74) is 2.11. The van der Waals surface area contributed by atoms with Crippen LogP contribution < -0.4 is 10.2 Å². The third-order valence-electron chi connectivity index (χ3n) is 4.56. The molecule has 1 aromatic heterocycles. The molecular formula is C19H19FN6O. The Morgan fingerprint density at radius 3 is 2.56 bits per heavy atom. The van der Waals surface area contributed by atoms with Gasteiger partial charge in [0.2, 0.25) is 5.91 Å². The fourth-order valence-corrected chi connectivity index (χ4v) is 3.21. The van der Waals surface area contributed by atoms with Crippen LogP contribution in [0.2, 0.25) is 0 Å². The molecule has 4 rings (SSSR count). The number of nitrogens with one attached hydrogen (secondary N) is 1. The summed E-state index contributed by atoms with van der Waals surface area (Å²) in [5.74, 6) is -0.507. The van der Waals surface area contributed by atoms with Gasteiger partial charge in [0, 0.05) is 24.5 Å². The molecule has 138 valence electrons. The van der Waals surface area contributed by atoms with Crippen molar-refractivity contribution in [1.82, 2.24) is 20.2 Å². The van der Waals surface area contributed by atoms with Gasteiger partial charge in [-0.1, -0.05) is 12.1 Å². The lowest BCUT2D eigenvalue weighted by Gasteiger charge is -2.17. The number of halogens is 1. The van der Waals surface area contributed by atoms with Gasteiger partial charge in [0.25, 0.3) is 0 Å². The maximum Gasteiger partial charge on any atom is 0.246 e. The van der Waals surface area contributed by atoms with E-state index in [0.717, 1.165) is 18.8 Å². The van der Waals surface area contributed by atoms with Crippen molar-refractivity contribution in [3.05, 3.63) is 54.3 Å². The summed E-state index contributed by atoms with van der Waals surface area (Å²) in [6.07, 6.45) is 2.43. The molecule has 0 atom stereocenters. The Hall–Kier alpha value is -3.29. The Morgan fingerprint density at radius 2 is 1.81 bits per heavy atom. The van der Waals surface area contributed by atoms with E-state index in [1.54, 1.807) is 18.2 Å². The van der Waals surface area contributed by atoms with Crippen LogP contribution in [0.4, 0.5) is 15.8 Å².